The fraction of sp³-hybridized carbons (Fsp3) is 0.312. The van der Waals surface area contributed by atoms with Crippen molar-refractivity contribution in [3.8, 4) is 11.5 Å². The minimum atomic E-state index is -2.74. The molecule has 6 atom stereocenters. The Labute approximate surface area is 282 Å². The van der Waals surface area contributed by atoms with Crippen LogP contribution >= 0.6 is 34.5 Å². The number of likely N-dealkylation sites (tertiary alicyclic amines) is 1. The largest absolute Gasteiger partial charge is 0.508 e. The molecule has 8 nitrogen and oxygen atoms in total. The lowest BCUT2D eigenvalue weighted by Gasteiger charge is -2.50. The van der Waals surface area contributed by atoms with Gasteiger partial charge in [-0.1, -0.05) is 23.8 Å². The van der Waals surface area contributed by atoms with E-state index >= 15 is 8.78 Å². The van der Waals surface area contributed by atoms with Gasteiger partial charge in [-0.3, -0.25) is 24.1 Å². The number of allylic oxidation sites excluding steroid dienone is 2. The average Bonchev–Trinajstić information content (AvgIpc) is 3.71. The zero-order chi connectivity index (χ0) is 34.6. The highest BCUT2D eigenvalue weighted by Gasteiger charge is 2.77. The van der Waals surface area contributed by atoms with Crippen LogP contribution in [-0.4, -0.2) is 50.5 Å². The number of thiophene rings is 1. The van der Waals surface area contributed by atoms with Gasteiger partial charge >= 0.3 is 0 Å². The van der Waals surface area contributed by atoms with Crippen LogP contribution in [-0.2, 0) is 25.7 Å². The van der Waals surface area contributed by atoms with Gasteiger partial charge in [0.25, 0.3) is 11.8 Å². The Morgan fingerprint density at radius 3 is 2.21 bits per heavy atom. The van der Waals surface area contributed by atoms with Crippen LogP contribution in [0.15, 0.2) is 47.4 Å². The van der Waals surface area contributed by atoms with E-state index in [1.54, 1.807) is 23.6 Å². The number of carbonyl (C=O) groups is 4. The lowest BCUT2D eigenvalue weighted by molar-refractivity contribution is -0.141. The second-order valence-electron chi connectivity index (χ2n) is 12.0. The molecule has 1 aromatic heterocycles. The van der Waals surface area contributed by atoms with Crippen LogP contribution in [0.2, 0.25) is 0 Å². The summed E-state index contributed by atoms with van der Waals surface area (Å²) in [6.45, 7) is -0.0238. The average molecular weight is 727 g/mol. The highest BCUT2D eigenvalue weighted by molar-refractivity contribution is 7.09. The van der Waals surface area contributed by atoms with Crippen LogP contribution < -0.4 is 9.64 Å². The molecule has 2 aromatic carbocycles. The minimum absolute atomic E-state index is 0.0127. The van der Waals surface area contributed by atoms with Crippen molar-refractivity contribution in [3.05, 3.63) is 86.9 Å². The summed E-state index contributed by atoms with van der Waals surface area (Å²) in [7, 11) is 1.31. The quantitative estimate of drug-likeness (QED) is 0.0875. The Balaban J connectivity index is 1.42. The van der Waals surface area contributed by atoms with Gasteiger partial charge in [0.05, 0.1) is 25.5 Å². The molecule has 48 heavy (non-hydrogen) atoms. The molecular formula is C32H21Cl2F5N2O6S. The molecule has 4 aliphatic rings. The Morgan fingerprint density at radius 2 is 1.60 bits per heavy atom. The number of phenolic OH excluding ortho intramolecular Hbond substituents is 1. The number of benzene rings is 2. The summed E-state index contributed by atoms with van der Waals surface area (Å²) in [5, 5.41) is 12.9. The van der Waals surface area contributed by atoms with Gasteiger partial charge in [0, 0.05) is 22.4 Å². The molecule has 2 aliphatic heterocycles. The number of alkyl halides is 2. The number of fused-ring (bicyclic) bond motifs is 4. The molecule has 16 heteroatoms. The summed E-state index contributed by atoms with van der Waals surface area (Å²) in [5.41, 5.74) is -1.77. The number of ether oxygens (including phenoxy) is 1. The first kappa shape index (κ1) is 32.5. The Bertz CT molecular complexity index is 1970. The summed E-state index contributed by atoms with van der Waals surface area (Å²) in [5.74, 6) is -21.7. The third-order valence-electron chi connectivity index (χ3n) is 9.76. The van der Waals surface area contributed by atoms with Crippen molar-refractivity contribution in [2.24, 2.45) is 17.8 Å². The molecule has 2 saturated heterocycles. The number of imide groups is 2. The van der Waals surface area contributed by atoms with Crippen LogP contribution in [0.25, 0.3) is 0 Å². The molecule has 250 valence electrons. The molecule has 0 spiro atoms. The monoisotopic (exact) mass is 726 g/mol. The third kappa shape index (κ3) is 4.11. The van der Waals surface area contributed by atoms with E-state index in [9.17, 15) is 37.5 Å². The number of nitrogens with zero attached hydrogens (tertiary/aromatic N) is 2. The van der Waals surface area contributed by atoms with E-state index in [1.807, 2.05) is 0 Å². The summed E-state index contributed by atoms with van der Waals surface area (Å²) in [6, 6.07) is 7.35. The molecule has 6 unspecified atom stereocenters. The van der Waals surface area contributed by atoms with Crippen molar-refractivity contribution in [1.82, 2.24) is 4.90 Å². The summed E-state index contributed by atoms with van der Waals surface area (Å²) in [6.07, 6.45) is 0.904. The number of rotatable bonds is 5. The molecule has 3 heterocycles. The molecule has 3 fully saturated rings. The van der Waals surface area contributed by atoms with Crippen molar-refractivity contribution in [2.45, 2.75) is 35.1 Å². The number of methoxy groups -OCH3 is 1. The highest BCUT2D eigenvalue weighted by atomic mass is 35.5. The number of phenols is 1. The van der Waals surface area contributed by atoms with Gasteiger partial charge in [-0.15, -0.1) is 34.5 Å². The zero-order valence-corrected chi connectivity index (χ0v) is 26.7. The van der Waals surface area contributed by atoms with Crippen LogP contribution in [0.5, 0.6) is 11.5 Å². The van der Waals surface area contributed by atoms with Crippen LogP contribution in [0.3, 0.4) is 0 Å². The first-order valence-corrected chi connectivity index (χ1v) is 16.0. The van der Waals surface area contributed by atoms with Crippen LogP contribution in [0.4, 0.5) is 27.6 Å². The molecule has 1 N–H and O–H groups in total. The molecule has 0 radical (unpaired) electrons. The maximum absolute atomic E-state index is 15.2. The van der Waals surface area contributed by atoms with Gasteiger partial charge in [-0.2, -0.15) is 0 Å². The molecule has 3 aromatic rings. The normalized spacial score (nSPS) is 29.6. The second-order valence-corrected chi connectivity index (χ2v) is 14.2. The van der Waals surface area contributed by atoms with Gasteiger partial charge in [0.2, 0.25) is 17.6 Å². The predicted molar refractivity (Wildman–Crippen MR) is 161 cm³/mol. The maximum Gasteiger partial charge on any atom is 0.258 e. The Kier molecular flexibility index (Phi) is 7.46. The number of halogens is 7. The van der Waals surface area contributed by atoms with Crippen molar-refractivity contribution in [3.63, 3.8) is 0 Å². The number of aromatic hydroxyl groups is 1. The van der Waals surface area contributed by atoms with Gasteiger partial charge in [0.1, 0.15) is 17.2 Å². The molecule has 2 aliphatic carbocycles. The summed E-state index contributed by atoms with van der Waals surface area (Å²) in [4.78, 5) is 52.2. The van der Waals surface area contributed by atoms with E-state index in [1.165, 1.54) is 30.6 Å². The number of hydrogen-bond donors (Lipinski definition) is 1. The zero-order valence-electron chi connectivity index (χ0n) is 24.4. The van der Waals surface area contributed by atoms with Gasteiger partial charge < -0.3 is 9.84 Å². The van der Waals surface area contributed by atoms with E-state index in [0.29, 0.717) is 0 Å². The predicted octanol–water partition coefficient (Wildman–Crippen LogP) is 5.92. The smallest absolute Gasteiger partial charge is 0.258 e. The standard InChI is InChI=1S/C32H21Cl2F5N2O6S/c1-47-12-4-5-15(18(42)9-12)20-14-6-7-16-19(28(44)40(27(16)43)11-13-3-2-8-48-13)17(14)10-31(33)29(45)41(30(46)32(20,31)34)26-24(38)22(36)21(35)23(37)25(26)39/h2-6,8-9,16-17,19-20,42H,7,10-11H2,1H3. The minimum Gasteiger partial charge on any atom is -0.508 e. The number of amides is 4. The number of anilines is 1. The first-order chi connectivity index (χ1) is 22.7. The van der Waals surface area contributed by atoms with E-state index in [4.69, 9.17) is 27.9 Å². The summed E-state index contributed by atoms with van der Waals surface area (Å²) < 4.78 is 78.2. The third-order valence-corrected chi connectivity index (χ3v) is 12.0. The number of hydrogen-bond acceptors (Lipinski definition) is 7. The molecule has 1 saturated carbocycles. The second kappa shape index (κ2) is 11.0. The Hall–Kier alpha value is -4.01. The van der Waals surface area contributed by atoms with Crippen molar-refractivity contribution in [2.75, 3.05) is 12.0 Å². The van der Waals surface area contributed by atoms with E-state index < -0.39 is 104 Å². The van der Waals surface area contributed by atoms with Crippen molar-refractivity contribution in [1.29, 1.82) is 0 Å². The SMILES string of the molecule is COc1ccc(C2C3=CCC4C(=O)N(Cc5cccs5)C(=O)C4C3CC3(Cl)C(=O)N(c4c(F)c(F)c(F)c(F)c4F)C(=O)C23Cl)c(O)c1. The lowest BCUT2D eigenvalue weighted by Crippen LogP contribution is -2.60. The van der Waals surface area contributed by atoms with E-state index in [-0.39, 0.29) is 34.8 Å². The molecule has 4 amide bonds. The van der Waals surface area contributed by atoms with Crippen LogP contribution in [0, 0.1) is 46.8 Å². The van der Waals surface area contributed by atoms with Gasteiger partial charge in [-0.05, 0) is 36.3 Å². The first-order valence-electron chi connectivity index (χ1n) is 14.4. The Morgan fingerprint density at radius 1 is 0.938 bits per heavy atom. The van der Waals surface area contributed by atoms with E-state index in [0.717, 1.165) is 15.8 Å². The molecular weight excluding hydrogens is 706 g/mol. The summed E-state index contributed by atoms with van der Waals surface area (Å²) >= 11 is 15.5. The van der Waals surface area contributed by atoms with Gasteiger partial charge in [0.15, 0.2) is 33.0 Å². The fourth-order valence-corrected chi connectivity index (χ4v) is 9.21. The maximum atomic E-state index is 15.2. The van der Waals surface area contributed by atoms with Crippen molar-refractivity contribution < 1.29 is 51.0 Å². The lowest BCUT2D eigenvalue weighted by atomic mass is 9.56. The van der Waals surface area contributed by atoms with E-state index in [2.05, 4.69) is 0 Å². The highest BCUT2D eigenvalue weighted by Crippen LogP contribution is 2.66. The topological polar surface area (TPSA) is 104 Å². The van der Waals surface area contributed by atoms with Crippen molar-refractivity contribution >= 4 is 63.9 Å². The molecule has 0 bridgehead atoms. The van der Waals surface area contributed by atoms with Gasteiger partial charge in [-0.25, -0.2) is 26.9 Å². The fourth-order valence-electron chi connectivity index (χ4n) is 7.59. The van der Waals surface area contributed by atoms with Crippen LogP contribution in [0.1, 0.15) is 29.2 Å². The number of carbonyl (C=O) groups excluding carboxylic acids is 4. The molecule has 7 rings (SSSR count).